The predicted octanol–water partition coefficient (Wildman–Crippen LogP) is 1.80. The monoisotopic (exact) mass is 386 g/mol. The number of amides is 1. The number of piperidine rings is 1. The molecule has 1 aromatic heterocycles. The number of morpholine rings is 1. The third-order valence-corrected chi connectivity index (χ3v) is 5.97. The molecule has 0 aliphatic carbocycles. The first kappa shape index (κ1) is 18.2. The predicted molar refractivity (Wildman–Crippen MR) is 103 cm³/mol. The molecular formula is C20H22N2O4S. The Hall–Kier alpha value is -2.22. The Kier molecular flexibility index (Phi) is 4.99. The molecule has 142 valence electrons. The SMILES string of the molecule is O=C1CC(=O)NC(c2ccsc2)(c2ccc(N3CCOCC3)cc2CO)C1. The molecule has 0 bridgehead atoms. The van der Waals surface area contributed by atoms with E-state index < -0.39 is 5.54 Å². The summed E-state index contributed by atoms with van der Waals surface area (Å²) in [5, 5.41) is 17.0. The summed E-state index contributed by atoms with van der Waals surface area (Å²) in [5.41, 5.74) is 2.47. The van der Waals surface area contributed by atoms with Crippen LogP contribution in [0.25, 0.3) is 0 Å². The lowest BCUT2D eigenvalue weighted by Gasteiger charge is -2.39. The van der Waals surface area contributed by atoms with Crippen molar-refractivity contribution < 1.29 is 19.4 Å². The molecule has 2 N–H and O–H groups in total. The van der Waals surface area contributed by atoms with Crippen LogP contribution in [0.15, 0.2) is 35.0 Å². The Morgan fingerprint density at radius 2 is 2.04 bits per heavy atom. The lowest BCUT2D eigenvalue weighted by atomic mass is 9.75. The number of nitrogens with one attached hydrogen (secondary N) is 1. The molecule has 2 saturated heterocycles. The highest BCUT2D eigenvalue weighted by molar-refractivity contribution is 7.08. The Bertz CT molecular complexity index is 828. The average molecular weight is 386 g/mol. The summed E-state index contributed by atoms with van der Waals surface area (Å²) in [5.74, 6) is -0.371. The number of benzene rings is 1. The van der Waals surface area contributed by atoms with E-state index in [1.165, 1.54) is 11.3 Å². The van der Waals surface area contributed by atoms with Crippen molar-refractivity contribution in [3.8, 4) is 0 Å². The molecule has 1 aromatic carbocycles. The Labute approximate surface area is 161 Å². The second-order valence-electron chi connectivity index (χ2n) is 6.96. The summed E-state index contributed by atoms with van der Waals surface area (Å²) in [6.45, 7) is 2.80. The number of carbonyl (C=O) groups excluding carboxylic acids is 2. The Balaban J connectivity index is 1.80. The van der Waals surface area contributed by atoms with Gasteiger partial charge in [-0.3, -0.25) is 9.59 Å². The van der Waals surface area contributed by atoms with E-state index in [-0.39, 0.29) is 31.1 Å². The highest BCUT2D eigenvalue weighted by Crippen LogP contribution is 2.40. The van der Waals surface area contributed by atoms with Crippen LogP contribution in [0.2, 0.25) is 0 Å². The van der Waals surface area contributed by atoms with Gasteiger partial charge in [-0.15, -0.1) is 0 Å². The lowest BCUT2D eigenvalue weighted by Crippen LogP contribution is -2.53. The number of anilines is 1. The molecular weight excluding hydrogens is 364 g/mol. The summed E-state index contributed by atoms with van der Waals surface area (Å²) in [7, 11) is 0. The molecule has 1 atom stereocenters. The van der Waals surface area contributed by atoms with Crippen molar-refractivity contribution in [2.24, 2.45) is 0 Å². The van der Waals surface area contributed by atoms with Crippen molar-refractivity contribution in [1.82, 2.24) is 5.32 Å². The minimum absolute atomic E-state index is 0.0911. The van der Waals surface area contributed by atoms with Crippen LogP contribution in [0.4, 0.5) is 5.69 Å². The zero-order valence-electron chi connectivity index (χ0n) is 14.9. The number of carbonyl (C=O) groups is 2. The minimum atomic E-state index is -0.923. The van der Waals surface area contributed by atoms with Gasteiger partial charge < -0.3 is 20.1 Å². The number of thiophene rings is 1. The largest absolute Gasteiger partial charge is 0.392 e. The smallest absolute Gasteiger partial charge is 0.228 e. The number of aliphatic hydroxyl groups excluding tert-OH is 1. The second kappa shape index (κ2) is 7.42. The summed E-state index contributed by atoms with van der Waals surface area (Å²) in [6.07, 6.45) is 0.103. The number of hydrogen-bond acceptors (Lipinski definition) is 6. The fourth-order valence-corrected chi connectivity index (χ4v) is 4.74. The van der Waals surface area contributed by atoms with E-state index in [4.69, 9.17) is 4.74 Å². The van der Waals surface area contributed by atoms with Crippen LogP contribution >= 0.6 is 11.3 Å². The number of ketones is 1. The number of aliphatic hydroxyl groups is 1. The fraction of sp³-hybridized carbons (Fsp3) is 0.400. The first-order chi connectivity index (χ1) is 13.1. The lowest BCUT2D eigenvalue weighted by molar-refractivity contribution is -0.133. The molecule has 2 aromatic rings. The standard InChI is InChI=1S/C20H22N2O4S/c23-12-14-9-16(22-4-6-26-7-5-22)1-2-18(14)20(15-3-8-27-13-15)11-17(24)10-19(25)21-20/h1-3,8-9,13,23H,4-7,10-12H2,(H,21,25). The highest BCUT2D eigenvalue weighted by atomic mass is 32.1. The number of Topliss-reactive ketones (excluding diaryl/α,β-unsaturated/α-hetero) is 1. The molecule has 0 radical (unpaired) electrons. The van der Waals surface area contributed by atoms with Gasteiger partial charge in [-0.2, -0.15) is 11.3 Å². The van der Waals surface area contributed by atoms with Gasteiger partial charge in [0.25, 0.3) is 0 Å². The molecule has 1 unspecified atom stereocenters. The van der Waals surface area contributed by atoms with Crippen LogP contribution < -0.4 is 10.2 Å². The first-order valence-corrected chi connectivity index (χ1v) is 9.99. The van der Waals surface area contributed by atoms with Crippen molar-refractivity contribution in [2.75, 3.05) is 31.2 Å². The quantitative estimate of drug-likeness (QED) is 0.784. The van der Waals surface area contributed by atoms with E-state index in [0.29, 0.717) is 13.2 Å². The van der Waals surface area contributed by atoms with Crippen LogP contribution in [-0.2, 0) is 26.5 Å². The third-order valence-electron chi connectivity index (χ3n) is 5.28. The molecule has 6 nitrogen and oxygen atoms in total. The van der Waals surface area contributed by atoms with Crippen molar-refractivity contribution >= 4 is 28.7 Å². The van der Waals surface area contributed by atoms with Crippen LogP contribution in [0, 0.1) is 0 Å². The molecule has 0 spiro atoms. The van der Waals surface area contributed by atoms with E-state index in [2.05, 4.69) is 10.2 Å². The number of nitrogens with zero attached hydrogens (tertiary/aromatic N) is 1. The van der Waals surface area contributed by atoms with Gasteiger partial charge in [0, 0.05) is 25.2 Å². The van der Waals surface area contributed by atoms with Gasteiger partial charge in [0.2, 0.25) is 5.91 Å². The van der Waals surface area contributed by atoms with Crippen molar-refractivity contribution in [2.45, 2.75) is 25.0 Å². The van der Waals surface area contributed by atoms with E-state index in [9.17, 15) is 14.7 Å². The molecule has 0 saturated carbocycles. The van der Waals surface area contributed by atoms with E-state index in [1.54, 1.807) is 0 Å². The van der Waals surface area contributed by atoms with E-state index in [0.717, 1.165) is 35.5 Å². The first-order valence-electron chi connectivity index (χ1n) is 9.05. The highest BCUT2D eigenvalue weighted by Gasteiger charge is 2.43. The summed E-state index contributed by atoms with van der Waals surface area (Å²) in [6, 6.07) is 7.83. The van der Waals surface area contributed by atoms with Crippen molar-refractivity contribution in [3.05, 3.63) is 51.7 Å². The number of hydrogen-bond donors (Lipinski definition) is 2. The molecule has 4 rings (SSSR count). The molecule has 1 amide bonds. The number of rotatable bonds is 4. The molecule has 2 fully saturated rings. The van der Waals surface area contributed by atoms with Gasteiger partial charge in [0.05, 0.1) is 31.8 Å². The van der Waals surface area contributed by atoms with Gasteiger partial charge in [-0.25, -0.2) is 0 Å². The Morgan fingerprint density at radius 1 is 1.22 bits per heavy atom. The maximum Gasteiger partial charge on any atom is 0.228 e. The zero-order chi connectivity index (χ0) is 18.9. The van der Waals surface area contributed by atoms with Gasteiger partial charge in [-0.1, -0.05) is 6.07 Å². The fourth-order valence-electron chi connectivity index (χ4n) is 4.01. The van der Waals surface area contributed by atoms with Crippen molar-refractivity contribution in [3.63, 3.8) is 0 Å². The van der Waals surface area contributed by atoms with Crippen LogP contribution in [-0.4, -0.2) is 43.1 Å². The molecule has 2 aliphatic heterocycles. The molecule has 2 aliphatic rings. The van der Waals surface area contributed by atoms with Crippen LogP contribution in [0.3, 0.4) is 0 Å². The molecule has 27 heavy (non-hydrogen) atoms. The van der Waals surface area contributed by atoms with Gasteiger partial charge in [-0.05, 0) is 45.6 Å². The van der Waals surface area contributed by atoms with Crippen molar-refractivity contribution in [1.29, 1.82) is 0 Å². The van der Waals surface area contributed by atoms with Crippen LogP contribution in [0.5, 0.6) is 0 Å². The maximum absolute atomic E-state index is 12.3. The normalized spacial score (nSPS) is 23.4. The minimum Gasteiger partial charge on any atom is -0.392 e. The van der Waals surface area contributed by atoms with Crippen LogP contribution in [0.1, 0.15) is 29.5 Å². The van der Waals surface area contributed by atoms with Gasteiger partial charge in [0.15, 0.2) is 0 Å². The van der Waals surface area contributed by atoms with E-state index >= 15 is 0 Å². The van der Waals surface area contributed by atoms with Gasteiger partial charge >= 0.3 is 0 Å². The molecule has 3 heterocycles. The topological polar surface area (TPSA) is 78.9 Å². The zero-order valence-corrected chi connectivity index (χ0v) is 15.8. The average Bonchev–Trinajstić information content (AvgIpc) is 3.23. The second-order valence-corrected chi connectivity index (χ2v) is 7.74. The third kappa shape index (κ3) is 3.38. The summed E-state index contributed by atoms with van der Waals surface area (Å²) >= 11 is 1.52. The number of ether oxygens (including phenoxy) is 1. The summed E-state index contributed by atoms with van der Waals surface area (Å²) in [4.78, 5) is 26.8. The summed E-state index contributed by atoms with van der Waals surface area (Å²) < 4.78 is 5.41. The maximum atomic E-state index is 12.3. The molecule has 7 heteroatoms. The van der Waals surface area contributed by atoms with E-state index in [1.807, 2.05) is 35.0 Å². The Morgan fingerprint density at radius 3 is 2.70 bits per heavy atom. The van der Waals surface area contributed by atoms with Gasteiger partial charge in [0.1, 0.15) is 5.78 Å².